The van der Waals surface area contributed by atoms with Gasteiger partial charge in [0, 0.05) is 24.3 Å². The third-order valence-electron chi connectivity index (χ3n) is 5.78. The number of amides is 2. The van der Waals surface area contributed by atoms with Crippen LogP contribution in [0.5, 0.6) is 0 Å². The largest absolute Gasteiger partial charge is 0.455 e. The van der Waals surface area contributed by atoms with E-state index in [1.54, 1.807) is 4.90 Å². The van der Waals surface area contributed by atoms with E-state index in [1.807, 2.05) is 50.2 Å². The van der Waals surface area contributed by atoms with E-state index in [4.69, 9.17) is 4.74 Å². The van der Waals surface area contributed by atoms with Crippen LogP contribution in [-0.2, 0) is 32.0 Å². The monoisotopic (exact) mass is 422 g/mol. The molecule has 1 heterocycles. The molecular formula is C25H30N2O4. The summed E-state index contributed by atoms with van der Waals surface area (Å²) in [4.78, 5) is 39.3. The van der Waals surface area contributed by atoms with Crippen molar-refractivity contribution in [3.63, 3.8) is 0 Å². The molecule has 1 saturated heterocycles. The average molecular weight is 423 g/mol. The van der Waals surface area contributed by atoms with Gasteiger partial charge in [-0.2, -0.15) is 0 Å². The van der Waals surface area contributed by atoms with E-state index >= 15 is 0 Å². The predicted octanol–water partition coefficient (Wildman–Crippen LogP) is 3.96. The zero-order chi connectivity index (χ0) is 22.5. The van der Waals surface area contributed by atoms with Crippen molar-refractivity contribution in [2.24, 2.45) is 5.92 Å². The number of benzene rings is 2. The highest BCUT2D eigenvalue weighted by Crippen LogP contribution is 2.32. The van der Waals surface area contributed by atoms with Gasteiger partial charge in [0.25, 0.3) is 5.91 Å². The van der Waals surface area contributed by atoms with E-state index in [9.17, 15) is 14.4 Å². The number of hydrogen-bond donors (Lipinski definition) is 1. The molecule has 1 aliphatic heterocycles. The third kappa shape index (κ3) is 4.95. The maximum atomic E-state index is 12.7. The van der Waals surface area contributed by atoms with Crippen molar-refractivity contribution in [2.45, 2.75) is 47.0 Å². The predicted molar refractivity (Wildman–Crippen MR) is 121 cm³/mol. The van der Waals surface area contributed by atoms with E-state index in [0.29, 0.717) is 0 Å². The molecule has 0 aromatic heterocycles. The number of carbonyl (C=O) groups is 3. The van der Waals surface area contributed by atoms with Crippen molar-refractivity contribution in [1.29, 1.82) is 0 Å². The number of esters is 1. The molecule has 1 fully saturated rings. The summed E-state index contributed by atoms with van der Waals surface area (Å²) in [5, 5.41) is 2.80. The van der Waals surface area contributed by atoms with Gasteiger partial charge in [0.05, 0.1) is 5.92 Å². The molecule has 0 radical (unpaired) electrons. The van der Waals surface area contributed by atoms with Crippen molar-refractivity contribution < 1.29 is 19.1 Å². The van der Waals surface area contributed by atoms with Gasteiger partial charge in [-0.15, -0.1) is 0 Å². The third-order valence-corrected chi connectivity index (χ3v) is 5.78. The molecule has 3 rings (SSSR count). The highest BCUT2D eigenvalue weighted by molar-refractivity contribution is 6.01. The van der Waals surface area contributed by atoms with Gasteiger partial charge in [-0.25, -0.2) is 0 Å². The number of nitrogens with zero attached hydrogens (tertiary/aromatic N) is 1. The zero-order valence-electron chi connectivity index (χ0n) is 18.7. The first-order valence-electron chi connectivity index (χ1n) is 10.8. The van der Waals surface area contributed by atoms with Gasteiger partial charge in [0.15, 0.2) is 6.61 Å². The summed E-state index contributed by atoms with van der Waals surface area (Å²) in [6, 6.07) is 11.8. The Morgan fingerprint density at radius 3 is 2.19 bits per heavy atom. The minimum Gasteiger partial charge on any atom is -0.455 e. The van der Waals surface area contributed by atoms with Gasteiger partial charge in [0.2, 0.25) is 5.91 Å². The molecule has 1 atom stereocenters. The summed E-state index contributed by atoms with van der Waals surface area (Å²) in [5.74, 6) is -1.57. The quantitative estimate of drug-likeness (QED) is 0.685. The molecule has 0 spiro atoms. The number of aryl methyl sites for hydroxylation is 4. The van der Waals surface area contributed by atoms with Gasteiger partial charge in [0.1, 0.15) is 0 Å². The number of para-hydroxylation sites is 2. The summed E-state index contributed by atoms with van der Waals surface area (Å²) >= 11 is 0. The normalized spacial score (nSPS) is 15.8. The second-order valence-electron chi connectivity index (χ2n) is 7.96. The minimum absolute atomic E-state index is 0.0856. The van der Waals surface area contributed by atoms with E-state index in [-0.39, 0.29) is 25.5 Å². The Labute approximate surface area is 183 Å². The van der Waals surface area contributed by atoms with Crippen LogP contribution in [0.15, 0.2) is 36.4 Å². The lowest BCUT2D eigenvalue weighted by Crippen LogP contribution is -2.29. The molecular weight excluding hydrogens is 392 g/mol. The van der Waals surface area contributed by atoms with Crippen LogP contribution in [0.3, 0.4) is 0 Å². The standard InChI is InChI=1S/C25H30N2O4/c1-5-18-11-8-12-19(6-2)24(18)27-14-20(13-22(27)29)25(30)31-15-21(28)26-23-16(3)9-7-10-17(23)4/h7-12,20H,5-6,13-15H2,1-4H3,(H,26,28)/t20-/m0/s1. The number of anilines is 2. The molecule has 1 aliphatic rings. The highest BCUT2D eigenvalue weighted by Gasteiger charge is 2.37. The molecule has 2 aromatic rings. The fourth-order valence-electron chi connectivity index (χ4n) is 4.09. The Morgan fingerprint density at radius 2 is 1.61 bits per heavy atom. The van der Waals surface area contributed by atoms with Crippen LogP contribution in [0.25, 0.3) is 0 Å². The van der Waals surface area contributed by atoms with Gasteiger partial charge in [-0.3, -0.25) is 14.4 Å². The number of ether oxygens (including phenoxy) is 1. The lowest BCUT2D eigenvalue weighted by Gasteiger charge is -2.23. The Hall–Kier alpha value is -3.15. The summed E-state index contributed by atoms with van der Waals surface area (Å²) in [6.07, 6.45) is 1.71. The van der Waals surface area contributed by atoms with Gasteiger partial charge in [-0.1, -0.05) is 50.2 Å². The van der Waals surface area contributed by atoms with Crippen LogP contribution < -0.4 is 10.2 Å². The molecule has 0 bridgehead atoms. The van der Waals surface area contributed by atoms with Crippen LogP contribution >= 0.6 is 0 Å². The van der Waals surface area contributed by atoms with Crippen molar-refractivity contribution in [3.8, 4) is 0 Å². The maximum absolute atomic E-state index is 12.7. The van der Waals surface area contributed by atoms with E-state index in [2.05, 4.69) is 19.2 Å². The Bertz CT molecular complexity index is 957. The second kappa shape index (κ2) is 9.77. The molecule has 164 valence electrons. The summed E-state index contributed by atoms with van der Waals surface area (Å²) in [7, 11) is 0. The SMILES string of the molecule is CCc1cccc(CC)c1N1C[C@@H](C(=O)OCC(=O)Nc2c(C)cccc2C)CC1=O. The van der Waals surface area contributed by atoms with Crippen LogP contribution in [0, 0.1) is 19.8 Å². The van der Waals surface area contributed by atoms with E-state index in [0.717, 1.165) is 46.5 Å². The second-order valence-corrected chi connectivity index (χ2v) is 7.96. The van der Waals surface area contributed by atoms with Crippen molar-refractivity contribution >= 4 is 29.2 Å². The van der Waals surface area contributed by atoms with Crippen LogP contribution in [-0.4, -0.2) is 30.9 Å². The van der Waals surface area contributed by atoms with Gasteiger partial charge < -0.3 is 15.0 Å². The molecule has 2 amide bonds. The number of rotatable bonds is 7. The van der Waals surface area contributed by atoms with E-state index < -0.39 is 17.8 Å². The molecule has 1 N–H and O–H groups in total. The van der Waals surface area contributed by atoms with Crippen molar-refractivity contribution in [2.75, 3.05) is 23.4 Å². The lowest BCUT2D eigenvalue weighted by atomic mass is 10.0. The highest BCUT2D eigenvalue weighted by atomic mass is 16.5. The number of hydrogen-bond acceptors (Lipinski definition) is 4. The van der Waals surface area contributed by atoms with Crippen LogP contribution in [0.2, 0.25) is 0 Å². The topological polar surface area (TPSA) is 75.7 Å². The minimum atomic E-state index is -0.574. The molecule has 6 nitrogen and oxygen atoms in total. The molecule has 6 heteroatoms. The average Bonchev–Trinajstić information content (AvgIpc) is 3.15. The zero-order valence-corrected chi connectivity index (χ0v) is 18.7. The first kappa shape index (κ1) is 22.5. The first-order valence-corrected chi connectivity index (χ1v) is 10.8. The summed E-state index contributed by atoms with van der Waals surface area (Å²) in [5.41, 5.74) is 5.72. The van der Waals surface area contributed by atoms with E-state index in [1.165, 1.54) is 0 Å². The van der Waals surface area contributed by atoms with Crippen LogP contribution in [0.4, 0.5) is 11.4 Å². The first-order chi connectivity index (χ1) is 14.8. The molecule has 0 aliphatic carbocycles. The fraction of sp³-hybridized carbons (Fsp3) is 0.400. The summed E-state index contributed by atoms with van der Waals surface area (Å²) < 4.78 is 5.26. The number of carbonyl (C=O) groups excluding carboxylic acids is 3. The van der Waals surface area contributed by atoms with Crippen molar-refractivity contribution in [3.05, 3.63) is 58.7 Å². The number of nitrogens with one attached hydrogen (secondary N) is 1. The molecule has 0 unspecified atom stereocenters. The van der Waals surface area contributed by atoms with Gasteiger partial charge >= 0.3 is 5.97 Å². The Kier molecular flexibility index (Phi) is 7.10. The smallest absolute Gasteiger partial charge is 0.311 e. The van der Waals surface area contributed by atoms with Gasteiger partial charge in [-0.05, 0) is 48.9 Å². The van der Waals surface area contributed by atoms with Crippen LogP contribution in [0.1, 0.15) is 42.5 Å². The molecule has 31 heavy (non-hydrogen) atoms. The van der Waals surface area contributed by atoms with Crippen molar-refractivity contribution in [1.82, 2.24) is 0 Å². The fourth-order valence-corrected chi connectivity index (χ4v) is 4.09. The Balaban J connectivity index is 1.63. The maximum Gasteiger partial charge on any atom is 0.311 e. The molecule has 0 saturated carbocycles. The lowest BCUT2D eigenvalue weighted by molar-refractivity contribution is -0.151. The Morgan fingerprint density at radius 1 is 1.03 bits per heavy atom. The molecule has 2 aromatic carbocycles. The summed E-state index contributed by atoms with van der Waals surface area (Å²) in [6.45, 7) is 7.83.